The molecule has 4 aromatic rings. The Morgan fingerprint density at radius 3 is 2.32 bits per heavy atom. The van der Waals surface area contributed by atoms with Crippen molar-refractivity contribution in [2.45, 2.75) is 18.2 Å². The third-order valence-electron chi connectivity index (χ3n) is 5.14. The number of hydrogen-bond donors (Lipinski definition) is 2. The van der Waals surface area contributed by atoms with Crippen molar-refractivity contribution in [1.82, 2.24) is 14.1 Å². The molecule has 2 heterocycles. The van der Waals surface area contributed by atoms with Gasteiger partial charge in [0.25, 0.3) is 20.2 Å². The van der Waals surface area contributed by atoms with Gasteiger partial charge in [0.15, 0.2) is 0 Å². The number of allylic oxidation sites excluding steroid dienone is 4. The summed E-state index contributed by atoms with van der Waals surface area (Å²) in [5.41, 5.74) is 1.89. The van der Waals surface area contributed by atoms with Crippen LogP contribution in [0, 0.1) is 5.92 Å². The fourth-order valence-electron chi connectivity index (χ4n) is 3.81. The summed E-state index contributed by atoms with van der Waals surface area (Å²) in [7, 11) is -8.73. The summed E-state index contributed by atoms with van der Waals surface area (Å²) in [4.78, 5) is 1.43. The van der Waals surface area contributed by atoms with Crippen LogP contribution < -0.4 is 0 Å². The molecule has 0 aliphatic heterocycles. The molecule has 1 aliphatic carbocycles. The number of rotatable bonds is 3. The molecule has 5 rings (SSSR count). The molecule has 1 unspecified atom stereocenters. The Balaban J connectivity index is 1.76. The Morgan fingerprint density at radius 2 is 1.68 bits per heavy atom. The van der Waals surface area contributed by atoms with E-state index in [1.54, 1.807) is 45.2 Å². The monoisotopic (exact) mass is 421 g/mol. The van der Waals surface area contributed by atoms with E-state index in [1.807, 2.05) is 6.08 Å². The molecule has 28 heavy (non-hydrogen) atoms. The van der Waals surface area contributed by atoms with Gasteiger partial charge in [-0.3, -0.25) is 9.11 Å². The zero-order chi connectivity index (χ0) is 20.0. The SMILES string of the molecule is CC1CC=C(n2n3c4cc(S(=O)(=O)O)c5ccccc5c4n23)C=C1S(=O)(=O)O. The molecule has 0 radical (unpaired) electrons. The molecular formula is C17H15N3O6S2. The topological polar surface area (TPSA) is 122 Å². The fourth-order valence-corrected chi connectivity index (χ4v) is 5.40. The highest BCUT2D eigenvalue weighted by Gasteiger charge is 2.32. The van der Waals surface area contributed by atoms with Crippen molar-refractivity contribution in [3.05, 3.63) is 47.4 Å². The van der Waals surface area contributed by atoms with Crippen LogP contribution in [-0.4, -0.2) is 40.0 Å². The van der Waals surface area contributed by atoms with Crippen LogP contribution in [0.1, 0.15) is 13.3 Å². The largest absolute Gasteiger partial charge is 0.295 e. The maximum Gasteiger partial charge on any atom is 0.295 e. The molecule has 0 amide bonds. The highest BCUT2D eigenvalue weighted by atomic mass is 32.2. The van der Waals surface area contributed by atoms with Gasteiger partial charge in [0.2, 0.25) is 0 Å². The lowest BCUT2D eigenvalue weighted by molar-refractivity contribution is 0.481. The minimum Gasteiger partial charge on any atom is -0.282 e. The van der Waals surface area contributed by atoms with Gasteiger partial charge in [0, 0.05) is 10.8 Å². The Bertz CT molecular complexity index is 1550. The molecule has 2 N–H and O–H groups in total. The minimum absolute atomic E-state index is 0.0637. The lowest BCUT2D eigenvalue weighted by Gasteiger charge is -2.16. The summed E-state index contributed by atoms with van der Waals surface area (Å²) < 4.78 is 69.4. The lowest BCUT2D eigenvalue weighted by atomic mass is 10.0. The van der Waals surface area contributed by atoms with E-state index in [0.29, 0.717) is 28.4 Å². The normalized spacial score (nSPS) is 19.0. The predicted molar refractivity (Wildman–Crippen MR) is 103 cm³/mol. The van der Waals surface area contributed by atoms with Gasteiger partial charge in [-0.15, -0.1) is 9.26 Å². The predicted octanol–water partition coefficient (Wildman–Crippen LogP) is 2.48. The van der Waals surface area contributed by atoms with Crippen LogP contribution in [0.4, 0.5) is 0 Å². The summed E-state index contributed by atoms with van der Waals surface area (Å²) in [5, 5.41) is 1.05. The molecule has 2 aromatic heterocycles. The first-order valence-electron chi connectivity index (χ1n) is 8.41. The van der Waals surface area contributed by atoms with Gasteiger partial charge in [-0.2, -0.15) is 21.6 Å². The van der Waals surface area contributed by atoms with Gasteiger partial charge in [0.1, 0.15) is 15.9 Å². The highest BCUT2D eigenvalue weighted by molar-refractivity contribution is 7.89. The van der Waals surface area contributed by atoms with Crippen LogP contribution in [0.15, 0.2) is 52.3 Å². The maximum absolute atomic E-state index is 11.8. The zero-order valence-corrected chi connectivity index (χ0v) is 16.1. The van der Waals surface area contributed by atoms with Crippen molar-refractivity contribution in [3.63, 3.8) is 0 Å². The molecule has 11 heteroatoms. The van der Waals surface area contributed by atoms with E-state index in [9.17, 15) is 25.9 Å². The zero-order valence-electron chi connectivity index (χ0n) is 14.5. The van der Waals surface area contributed by atoms with Crippen LogP contribution in [0.2, 0.25) is 0 Å². The molecule has 0 saturated heterocycles. The fraction of sp³-hybridized carbons (Fsp3) is 0.176. The van der Waals surface area contributed by atoms with Crippen LogP contribution in [0.5, 0.6) is 0 Å². The van der Waals surface area contributed by atoms with E-state index in [1.165, 1.54) is 12.1 Å². The van der Waals surface area contributed by atoms with Crippen molar-refractivity contribution in [1.29, 1.82) is 0 Å². The second kappa shape index (κ2) is 5.26. The van der Waals surface area contributed by atoms with Gasteiger partial charge < -0.3 is 0 Å². The summed E-state index contributed by atoms with van der Waals surface area (Å²) in [5.74, 6) is -0.337. The number of benzene rings is 2. The van der Waals surface area contributed by atoms with Crippen molar-refractivity contribution in [3.8, 4) is 0 Å². The van der Waals surface area contributed by atoms with E-state index < -0.39 is 20.2 Å². The van der Waals surface area contributed by atoms with Crippen molar-refractivity contribution >= 4 is 47.7 Å². The van der Waals surface area contributed by atoms with E-state index in [0.717, 1.165) is 5.52 Å². The molecule has 1 aliphatic rings. The Labute approximate surface area is 159 Å². The van der Waals surface area contributed by atoms with Crippen molar-refractivity contribution in [2.24, 2.45) is 5.92 Å². The Hall–Kier alpha value is -2.60. The first-order chi connectivity index (χ1) is 13.1. The van der Waals surface area contributed by atoms with Crippen LogP contribution in [0.25, 0.3) is 27.5 Å². The highest BCUT2D eigenvalue weighted by Crippen LogP contribution is 2.38. The summed E-state index contributed by atoms with van der Waals surface area (Å²) in [6, 6.07) is 8.22. The molecule has 0 saturated carbocycles. The first-order valence-corrected chi connectivity index (χ1v) is 11.3. The number of aromatic nitrogens is 3. The Kier molecular flexibility index (Phi) is 3.29. The van der Waals surface area contributed by atoms with Crippen molar-refractivity contribution < 1.29 is 25.9 Å². The number of fused-ring (bicyclic) bond motifs is 6. The van der Waals surface area contributed by atoms with Gasteiger partial charge in [-0.1, -0.05) is 37.3 Å². The van der Waals surface area contributed by atoms with Gasteiger partial charge in [-0.05, 0) is 24.5 Å². The van der Waals surface area contributed by atoms with E-state index in [-0.39, 0.29) is 15.7 Å². The molecular weight excluding hydrogens is 406 g/mol. The van der Waals surface area contributed by atoms with Gasteiger partial charge >= 0.3 is 0 Å². The third kappa shape index (κ3) is 2.30. The molecule has 0 bridgehead atoms. The van der Waals surface area contributed by atoms with Gasteiger partial charge in [-0.25, -0.2) is 0 Å². The Morgan fingerprint density at radius 1 is 1.00 bits per heavy atom. The first kappa shape index (κ1) is 17.5. The van der Waals surface area contributed by atoms with Gasteiger partial charge in [0.05, 0.1) is 10.6 Å². The number of hydrogen-bond acceptors (Lipinski definition) is 4. The van der Waals surface area contributed by atoms with Crippen LogP contribution >= 0.6 is 0 Å². The molecule has 0 fully saturated rings. The smallest absolute Gasteiger partial charge is 0.282 e. The molecule has 9 nitrogen and oxygen atoms in total. The number of nitrogens with zero attached hydrogens (tertiary/aromatic N) is 3. The quantitative estimate of drug-likeness (QED) is 0.490. The average Bonchev–Trinajstić information content (AvgIpc) is 3.24. The molecule has 1 atom stereocenters. The van der Waals surface area contributed by atoms with Crippen LogP contribution in [0.3, 0.4) is 0 Å². The molecule has 146 valence electrons. The minimum atomic E-state index is -4.42. The standard InChI is InChI=1S/C17H15N3O6S2/c1-10-6-7-11(8-15(10)27(21,22)23)18-19-14-9-16(28(24,25)26)12-4-2-3-5-13(12)17(14)20(18)19/h2-5,7-10H,6H2,1H3,(H,21,22,23)(H,24,25,26). The lowest BCUT2D eigenvalue weighted by Crippen LogP contribution is -2.13. The average molecular weight is 421 g/mol. The maximum atomic E-state index is 11.8. The second-order valence-electron chi connectivity index (χ2n) is 6.92. The third-order valence-corrected chi connectivity index (χ3v) is 7.15. The summed E-state index contributed by atoms with van der Waals surface area (Å²) in [6.07, 6.45) is 3.70. The summed E-state index contributed by atoms with van der Waals surface area (Å²) in [6.45, 7) is 1.71. The second-order valence-corrected chi connectivity index (χ2v) is 9.73. The summed E-state index contributed by atoms with van der Waals surface area (Å²) >= 11 is 0. The molecule has 0 spiro atoms. The van der Waals surface area contributed by atoms with Crippen LogP contribution in [-0.2, 0) is 20.2 Å². The van der Waals surface area contributed by atoms with E-state index >= 15 is 0 Å². The van der Waals surface area contributed by atoms with Crippen molar-refractivity contribution in [2.75, 3.05) is 0 Å². The molecule has 2 aromatic carbocycles. The van der Waals surface area contributed by atoms with E-state index in [4.69, 9.17) is 0 Å². The van der Waals surface area contributed by atoms with E-state index in [2.05, 4.69) is 0 Å².